The highest BCUT2D eigenvalue weighted by atomic mass is 16.5. The molecule has 6 heteroatoms. The molecule has 2 heterocycles. The van der Waals surface area contributed by atoms with E-state index in [1.807, 2.05) is 13.8 Å². The number of hydrogen-bond acceptors (Lipinski definition) is 5. The van der Waals surface area contributed by atoms with Crippen molar-refractivity contribution in [3.05, 3.63) is 24.3 Å². The van der Waals surface area contributed by atoms with Crippen LogP contribution in [0, 0.1) is 0 Å². The van der Waals surface area contributed by atoms with Crippen molar-refractivity contribution in [3.8, 4) is 0 Å². The summed E-state index contributed by atoms with van der Waals surface area (Å²) in [6.07, 6.45) is 10.2. The maximum Gasteiger partial charge on any atom is 0.330 e. The summed E-state index contributed by atoms with van der Waals surface area (Å²) in [5.74, 6) is -0.220. The number of amides is 1. The molecule has 2 saturated heterocycles. The summed E-state index contributed by atoms with van der Waals surface area (Å²) in [6.45, 7) is 21.0. The minimum Gasteiger partial charge on any atom is -0.459 e. The maximum absolute atomic E-state index is 11.5. The summed E-state index contributed by atoms with van der Waals surface area (Å²) in [6, 6.07) is 0.259. The van der Waals surface area contributed by atoms with E-state index in [-0.39, 0.29) is 46.2 Å². The van der Waals surface area contributed by atoms with Gasteiger partial charge in [-0.1, -0.05) is 12.2 Å². The van der Waals surface area contributed by atoms with Crippen molar-refractivity contribution in [2.75, 3.05) is 0 Å². The van der Waals surface area contributed by atoms with Crippen molar-refractivity contribution in [2.45, 2.75) is 129 Å². The zero-order valence-electron chi connectivity index (χ0n) is 22.0. The van der Waals surface area contributed by atoms with Gasteiger partial charge in [-0.25, -0.2) is 4.79 Å². The molecule has 184 valence electrons. The lowest BCUT2D eigenvalue weighted by atomic mass is 9.79. The molecular weight excluding hydrogens is 402 g/mol. The van der Waals surface area contributed by atoms with Gasteiger partial charge in [0.15, 0.2) is 0 Å². The first-order valence-electron chi connectivity index (χ1n) is 11.8. The quantitative estimate of drug-likeness (QED) is 0.438. The Kier molecular flexibility index (Phi) is 9.73. The Labute approximate surface area is 196 Å². The zero-order chi connectivity index (χ0) is 24.8. The first kappa shape index (κ1) is 28.4. The van der Waals surface area contributed by atoms with Gasteiger partial charge < -0.3 is 20.7 Å². The summed E-state index contributed by atoms with van der Waals surface area (Å²) in [7, 11) is 0. The van der Waals surface area contributed by atoms with Crippen LogP contribution in [0.5, 0.6) is 0 Å². The molecule has 0 unspecified atom stereocenters. The number of allylic oxidation sites excluding steroid dienone is 2. The Morgan fingerprint density at radius 2 is 1.16 bits per heavy atom. The molecule has 0 aromatic carbocycles. The molecule has 2 aliphatic heterocycles. The largest absolute Gasteiger partial charge is 0.459 e. The predicted octanol–water partition coefficient (Wildman–Crippen LogP) is 4.40. The van der Waals surface area contributed by atoms with E-state index in [9.17, 15) is 9.59 Å². The van der Waals surface area contributed by atoms with E-state index in [4.69, 9.17) is 4.74 Å². The van der Waals surface area contributed by atoms with Gasteiger partial charge >= 0.3 is 5.97 Å². The molecule has 0 aromatic heterocycles. The fraction of sp³-hybridized carbons (Fsp3) is 0.769. The van der Waals surface area contributed by atoms with E-state index in [2.05, 4.69) is 71.3 Å². The second kappa shape index (κ2) is 11.0. The molecular formula is C26H47N3O3. The van der Waals surface area contributed by atoms with Crippen LogP contribution in [0.2, 0.25) is 0 Å². The number of ether oxygens (including phenoxy) is 1. The fourth-order valence-corrected chi connectivity index (χ4v) is 5.48. The van der Waals surface area contributed by atoms with E-state index in [0.717, 1.165) is 25.7 Å². The highest BCUT2D eigenvalue weighted by Crippen LogP contribution is 2.30. The number of carbonyl (C=O) groups is 2. The number of piperidine rings is 2. The highest BCUT2D eigenvalue weighted by molar-refractivity contribution is 5.87. The number of rotatable bonds is 4. The summed E-state index contributed by atoms with van der Waals surface area (Å²) in [4.78, 5) is 22.9. The first-order valence-corrected chi connectivity index (χ1v) is 11.8. The van der Waals surface area contributed by atoms with Crippen LogP contribution in [0.4, 0.5) is 0 Å². The predicted molar refractivity (Wildman–Crippen MR) is 132 cm³/mol. The lowest BCUT2D eigenvalue weighted by molar-refractivity contribution is -0.147. The van der Waals surface area contributed by atoms with Gasteiger partial charge in [-0.3, -0.25) is 4.79 Å². The molecule has 3 N–H and O–H groups in total. The summed E-state index contributed by atoms with van der Waals surface area (Å²) in [5, 5.41) is 10.2. The molecule has 1 amide bonds. The van der Waals surface area contributed by atoms with Crippen LogP contribution in [0.1, 0.15) is 94.9 Å². The molecule has 32 heavy (non-hydrogen) atoms. The summed E-state index contributed by atoms with van der Waals surface area (Å²) in [5.41, 5.74) is 0.191. The van der Waals surface area contributed by atoms with Crippen molar-refractivity contribution in [1.82, 2.24) is 16.0 Å². The molecule has 6 nitrogen and oxygen atoms in total. The van der Waals surface area contributed by atoms with Crippen molar-refractivity contribution < 1.29 is 14.3 Å². The van der Waals surface area contributed by atoms with E-state index in [1.54, 1.807) is 18.2 Å². The monoisotopic (exact) mass is 449 g/mol. The maximum atomic E-state index is 11.5. The third-order valence-electron chi connectivity index (χ3n) is 5.59. The van der Waals surface area contributed by atoms with Crippen LogP contribution >= 0.6 is 0 Å². The van der Waals surface area contributed by atoms with Crippen LogP contribution in [0.3, 0.4) is 0 Å². The fourth-order valence-electron chi connectivity index (χ4n) is 5.48. The van der Waals surface area contributed by atoms with Crippen LogP contribution in [-0.4, -0.2) is 46.2 Å². The molecule has 2 fully saturated rings. The number of hydrogen-bond donors (Lipinski definition) is 3. The van der Waals surface area contributed by atoms with Crippen molar-refractivity contribution in [2.24, 2.45) is 0 Å². The Morgan fingerprint density at radius 1 is 0.750 bits per heavy atom. The third kappa shape index (κ3) is 10.8. The Hall–Kier alpha value is -1.66. The average molecular weight is 450 g/mol. The van der Waals surface area contributed by atoms with Crippen LogP contribution in [0.25, 0.3) is 0 Å². The molecule has 0 radical (unpaired) electrons. The number of nitrogens with one attached hydrogen (secondary N) is 3. The Balaban J connectivity index is 0.000000320. The van der Waals surface area contributed by atoms with Gasteiger partial charge in [-0.05, 0) is 88.2 Å². The smallest absolute Gasteiger partial charge is 0.330 e. The van der Waals surface area contributed by atoms with Crippen molar-refractivity contribution in [3.63, 3.8) is 0 Å². The minimum absolute atomic E-state index is 0.00921. The molecule has 0 atom stereocenters. The SMILES string of the molecule is C/C=C/C(=O)NC1CC(C)(C)NC(C)(C)C1.C/C=C/C(=O)OC1CC(C)(C)NC(C)(C)C1. The van der Waals surface area contributed by atoms with Crippen molar-refractivity contribution in [1.29, 1.82) is 0 Å². The molecule has 0 spiro atoms. The molecule has 0 saturated carbocycles. The van der Waals surface area contributed by atoms with Gasteiger partial charge in [0.25, 0.3) is 0 Å². The van der Waals surface area contributed by atoms with Gasteiger partial charge in [0.1, 0.15) is 6.10 Å². The van der Waals surface area contributed by atoms with E-state index < -0.39 is 0 Å². The van der Waals surface area contributed by atoms with Crippen LogP contribution < -0.4 is 16.0 Å². The summed E-state index contributed by atoms with van der Waals surface area (Å²) < 4.78 is 5.44. The van der Waals surface area contributed by atoms with Gasteiger partial charge in [0.05, 0.1) is 0 Å². The number of carbonyl (C=O) groups excluding carboxylic acids is 2. The van der Waals surface area contributed by atoms with Crippen LogP contribution in [0.15, 0.2) is 24.3 Å². The average Bonchev–Trinajstić information content (AvgIpc) is 2.49. The topological polar surface area (TPSA) is 79.5 Å². The van der Waals surface area contributed by atoms with Gasteiger partial charge in [0, 0.05) is 47.1 Å². The molecule has 0 aliphatic carbocycles. The lowest BCUT2D eigenvalue weighted by Gasteiger charge is -2.46. The minimum atomic E-state index is -0.235. The van der Waals surface area contributed by atoms with E-state index in [0.29, 0.717) is 0 Å². The lowest BCUT2D eigenvalue weighted by Crippen LogP contribution is -2.62. The highest BCUT2D eigenvalue weighted by Gasteiger charge is 2.39. The normalized spacial score (nSPS) is 24.6. The van der Waals surface area contributed by atoms with E-state index >= 15 is 0 Å². The second-order valence-corrected chi connectivity index (χ2v) is 11.9. The molecule has 0 aromatic rings. The van der Waals surface area contributed by atoms with Crippen LogP contribution in [-0.2, 0) is 14.3 Å². The Morgan fingerprint density at radius 3 is 1.56 bits per heavy atom. The number of esters is 1. The summed E-state index contributed by atoms with van der Waals surface area (Å²) >= 11 is 0. The van der Waals surface area contributed by atoms with Gasteiger partial charge in [-0.2, -0.15) is 0 Å². The van der Waals surface area contributed by atoms with Gasteiger partial charge in [-0.15, -0.1) is 0 Å². The zero-order valence-corrected chi connectivity index (χ0v) is 22.0. The second-order valence-electron chi connectivity index (χ2n) is 11.9. The molecule has 2 aliphatic rings. The molecule has 0 bridgehead atoms. The Bertz CT molecular complexity index is 613. The molecule has 2 rings (SSSR count). The first-order chi connectivity index (χ1) is 14.5. The van der Waals surface area contributed by atoms with E-state index in [1.165, 1.54) is 6.08 Å². The van der Waals surface area contributed by atoms with Crippen molar-refractivity contribution >= 4 is 11.9 Å². The third-order valence-corrected chi connectivity index (χ3v) is 5.59. The standard InChI is InChI=1S/C13H24N2O.C13H23NO2/c1-6-7-11(16)14-10-8-12(2,3)15-13(4,5)9-10;1-6-7-11(15)16-10-8-12(2,3)14-13(4,5)9-10/h6-7,10,15H,8-9H2,1-5H3,(H,14,16);6-7,10,14H,8-9H2,1-5H3/b2*7-6+. The van der Waals surface area contributed by atoms with Gasteiger partial charge in [0.2, 0.25) is 5.91 Å².